The molecule has 0 spiro atoms. The van der Waals surface area contributed by atoms with E-state index in [4.69, 9.17) is 4.74 Å². The summed E-state index contributed by atoms with van der Waals surface area (Å²) in [5.74, 6) is 0.522. The van der Waals surface area contributed by atoms with Gasteiger partial charge in [-0.25, -0.2) is 4.98 Å². The van der Waals surface area contributed by atoms with Crippen LogP contribution in [0.15, 0.2) is 75.3 Å². The molecule has 7 nitrogen and oxygen atoms in total. The molecular formula is C20H17N5O2S. The van der Waals surface area contributed by atoms with Crippen LogP contribution in [0.1, 0.15) is 6.92 Å². The summed E-state index contributed by atoms with van der Waals surface area (Å²) in [4.78, 5) is 17.3. The summed E-state index contributed by atoms with van der Waals surface area (Å²) in [5, 5.41) is 16.4. The smallest absolute Gasteiger partial charge is 0.282 e. The summed E-state index contributed by atoms with van der Waals surface area (Å²) >= 11 is 1.36. The van der Waals surface area contributed by atoms with Crippen LogP contribution in [-0.2, 0) is 4.79 Å². The summed E-state index contributed by atoms with van der Waals surface area (Å²) in [6, 6.07) is 16.2. The number of azo groups is 1. The van der Waals surface area contributed by atoms with Crippen LogP contribution >= 0.6 is 11.3 Å². The van der Waals surface area contributed by atoms with Crippen LogP contribution in [0.4, 0.5) is 10.8 Å². The van der Waals surface area contributed by atoms with Gasteiger partial charge in [-0.1, -0.05) is 18.2 Å². The van der Waals surface area contributed by atoms with Crippen LogP contribution in [0.5, 0.6) is 5.75 Å². The van der Waals surface area contributed by atoms with Crippen molar-refractivity contribution in [1.82, 2.24) is 4.98 Å². The van der Waals surface area contributed by atoms with Crippen LogP contribution in [0, 0.1) is 0 Å². The summed E-state index contributed by atoms with van der Waals surface area (Å²) < 4.78 is 5.18. The maximum Gasteiger partial charge on any atom is 0.282 e. The first-order chi connectivity index (χ1) is 13.7. The fraction of sp³-hybridized carbons (Fsp3) is 0.150. The predicted molar refractivity (Wildman–Crippen MR) is 109 cm³/mol. The van der Waals surface area contributed by atoms with Gasteiger partial charge in [0.05, 0.1) is 24.2 Å². The van der Waals surface area contributed by atoms with E-state index >= 15 is 0 Å². The van der Waals surface area contributed by atoms with Gasteiger partial charge in [0.15, 0.2) is 6.04 Å². The molecule has 0 fully saturated rings. The molecule has 0 aliphatic carbocycles. The molecule has 1 aromatic heterocycles. The number of methoxy groups -OCH3 is 1. The van der Waals surface area contributed by atoms with Crippen molar-refractivity contribution in [1.29, 1.82) is 0 Å². The Morgan fingerprint density at radius 3 is 2.57 bits per heavy atom. The molecule has 3 aromatic rings. The average molecular weight is 391 g/mol. The Morgan fingerprint density at radius 2 is 1.86 bits per heavy atom. The zero-order valence-electron chi connectivity index (χ0n) is 15.3. The van der Waals surface area contributed by atoms with E-state index in [1.807, 2.05) is 60.0 Å². The topological polar surface area (TPSA) is 79.5 Å². The van der Waals surface area contributed by atoms with E-state index in [1.54, 1.807) is 14.0 Å². The first-order valence-corrected chi connectivity index (χ1v) is 9.48. The third kappa shape index (κ3) is 3.54. The van der Waals surface area contributed by atoms with Crippen LogP contribution in [0.2, 0.25) is 0 Å². The lowest BCUT2D eigenvalue weighted by Gasteiger charge is -2.08. The Labute approximate surface area is 166 Å². The molecule has 0 bridgehead atoms. The van der Waals surface area contributed by atoms with Gasteiger partial charge in [0.1, 0.15) is 5.75 Å². The molecule has 1 aliphatic heterocycles. The Hall–Kier alpha value is -3.39. The fourth-order valence-corrected chi connectivity index (χ4v) is 3.49. The number of nitrogens with zero attached hydrogens (tertiary/aromatic N) is 5. The largest absolute Gasteiger partial charge is 0.497 e. The molecule has 0 unspecified atom stereocenters. The van der Waals surface area contributed by atoms with Gasteiger partial charge >= 0.3 is 0 Å². The number of hydrogen-bond donors (Lipinski definition) is 0. The van der Waals surface area contributed by atoms with Crippen molar-refractivity contribution < 1.29 is 9.53 Å². The van der Waals surface area contributed by atoms with Crippen molar-refractivity contribution in [3.63, 3.8) is 0 Å². The predicted octanol–water partition coefficient (Wildman–Crippen LogP) is 4.69. The van der Waals surface area contributed by atoms with Gasteiger partial charge in [0.25, 0.3) is 5.91 Å². The van der Waals surface area contributed by atoms with Gasteiger partial charge in [-0.05, 0) is 43.3 Å². The second-order valence-electron chi connectivity index (χ2n) is 6.09. The number of carbonyl (C=O) groups excluding carboxylic acids is 1. The molecule has 0 radical (unpaired) electrons. The van der Waals surface area contributed by atoms with E-state index in [0.717, 1.165) is 17.0 Å². The lowest BCUT2D eigenvalue weighted by Crippen LogP contribution is -2.29. The maximum absolute atomic E-state index is 12.8. The number of hydrogen-bond acceptors (Lipinski definition) is 7. The van der Waals surface area contributed by atoms with E-state index in [9.17, 15) is 4.79 Å². The quantitative estimate of drug-likeness (QED) is 0.592. The van der Waals surface area contributed by atoms with Crippen molar-refractivity contribution in [3.05, 3.63) is 60.0 Å². The molecule has 0 saturated heterocycles. The number of benzene rings is 2. The van der Waals surface area contributed by atoms with Crippen molar-refractivity contribution in [2.45, 2.75) is 13.0 Å². The third-order valence-corrected chi connectivity index (χ3v) is 5.02. The average Bonchev–Trinajstić information content (AvgIpc) is 3.32. The number of rotatable bonds is 5. The Morgan fingerprint density at radius 1 is 1.11 bits per heavy atom. The summed E-state index contributed by atoms with van der Waals surface area (Å²) in [6.07, 6.45) is 0. The highest BCUT2D eigenvalue weighted by Crippen LogP contribution is 2.31. The highest BCUT2D eigenvalue weighted by atomic mass is 32.1. The molecule has 140 valence electrons. The van der Waals surface area contributed by atoms with Crippen molar-refractivity contribution in [3.8, 4) is 17.0 Å². The highest BCUT2D eigenvalue weighted by molar-refractivity contribution is 7.14. The molecule has 1 aliphatic rings. The van der Waals surface area contributed by atoms with E-state index in [1.165, 1.54) is 16.3 Å². The molecular weight excluding hydrogens is 374 g/mol. The minimum atomic E-state index is -0.728. The zero-order valence-corrected chi connectivity index (χ0v) is 16.1. The number of aromatic nitrogens is 1. The number of thiazole rings is 1. The van der Waals surface area contributed by atoms with Gasteiger partial charge in [-0.2, -0.15) is 20.3 Å². The van der Waals surface area contributed by atoms with Crippen LogP contribution in [-0.4, -0.2) is 29.8 Å². The van der Waals surface area contributed by atoms with Gasteiger partial charge in [0.2, 0.25) is 5.13 Å². The minimum absolute atomic E-state index is 0.257. The van der Waals surface area contributed by atoms with Crippen LogP contribution in [0.25, 0.3) is 11.3 Å². The van der Waals surface area contributed by atoms with Crippen LogP contribution < -0.4 is 9.75 Å². The molecule has 1 atom stereocenters. The lowest BCUT2D eigenvalue weighted by atomic mass is 10.2. The second kappa shape index (κ2) is 7.69. The second-order valence-corrected chi connectivity index (χ2v) is 6.93. The first-order valence-electron chi connectivity index (χ1n) is 8.60. The Bertz CT molecular complexity index is 1040. The van der Waals surface area contributed by atoms with Crippen molar-refractivity contribution in [2.75, 3.05) is 12.1 Å². The monoisotopic (exact) mass is 391 g/mol. The van der Waals surface area contributed by atoms with Gasteiger partial charge in [-0.3, -0.25) is 4.79 Å². The Balaban J connectivity index is 1.53. The molecule has 8 heteroatoms. The summed E-state index contributed by atoms with van der Waals surface area (Å²) in [6.45, 7) is 1.77. The molecule has 1 amide bonds. The third-order valence-electron chi connectivity index (χ3n) is 4.20. The van der Waals surface area contributed by atoms with Gasteiger partial charge in [0, 0.05) is 10.9 Å². The molecule has 2 aromatic carbocycles. The van der Waals surface area contributed by atoms with Gasteiger partial charge < -0.3 is 4.74 Å². The zero-order chi connectivity index (χ0) is 19.5. The molecule has 2 heterocycles. The van der Waals surface area contributed by atoms with Gasteiger partial charge in [-0.15, -0.1) is 11.3 Å². The van der Waals surface area contributed by atoms with Crippen LogP contribution in [0.3, 0.4) is 0 Å². The lowest BCUT2D eigenvalue weighted by molar-refractivity contribution is -0.117. The van der Waals surface area contributed by atoms with Crippen molar-refractivity contribution >= 4 is 33.8 Å². The summed E-state index contributed by atoms with van der Waals surface area (Å²) in [5.41, 5.74) is 3.00. The number of ether oxygens (including phenoxy) is 1. The number of anilines is 1. The van der Waals surface area contributed by atoms with E-state index < -0.39 is 6.04 Å². The van der Waals surface area contributed by atoms with E-state index in [-0.39, 0.29) is 5.91 Å². The van der Waals surface area contributed by atoms with E-state index in [2.05, 4.69) is 20.3 Å². The minimum Gasteiger partial charge on any atom is -0.497 e. The Kier molecular flexibility index (Phi) is 4.94. The summed E-state index contributed by atoms with van der Waals surface area (Å²) in [7, 11) is 1.63. The molecule has 4 rings (SSSR count). The maximum atomic E-state index is 12.8. The van der Waals surface area contributed by atoms with Crippen molar-refractivity contribution in [2.24, 2.45) is 15.3 Å². The normalized spacial score (nSPS) is 16.6. The molecule has 0 saturated carbocycles. The number of carbonyl (C=O) groups is 1. The first kappa shape index (κ1) is 18.0. The fourth-order valence-electron chi connectivity index (χ4n) is 2.70. The number of amides is 1. The standard InChI is InChI=1S/C20H17N5O2S/c1-13-18(23-22-15-6-4-3-5-7-15)19(26)25(24-13)20-21-17(12-28-20)14-8-10-16(27-2)11-9-14/h3-12,18H,1-2H3/t18-/m0/s1. The van der Waals surface area contributed by atoms with E-state index in [0.29, 0.717) is 16.5 Å². The SMILES string of the molecule is COc1ccc(-c2csc(N3N=C(C)[C@H](N=Nc4ccccc4)C3=O)n2)cc1. The molecule has 28 heavy (non-hydrogen) atoms. The molecule has 0 N–H and O–H groups in total. The number of hydrazone groups is 1. The highest BCUT2D eigenvalue weighted by Gasteiger charge is 2.36.